The van der Waals surface area contributed by atoms with Crippen LogP contribution >= 0.6 is 11.3 Å². The first-order valence-corrected chi connectivity index (χ1v) is 8.00. The van der Waals surface area contributed by atoms with E-state index < -0.39 is 0 Å². The van der Waals surface area contributed by atoms with Crippen LogP contribution in [0.5, 0.6) is 5.88 Å². The quantitative estimate of drug-likeness (QED) is 0.887. The Labute approximate surface area is 131 Å². The molecule has 3 N–H and O–H groups in total. The van der Waals surface area contributed by atoms with Gasteiger partial charge in [0.15, 0.2) is 0 Å². The molecule has 0 bridgehead atoms. The highest BCUT2D eigenvalue weighted by Crippen LogP contribution is 2.32. The molecule has 2 aromatic heterocycles. The number of piperidine rings is 1. The lowest BCUT2D eigenvalue weighted by Crippen LogP contribution is -2.39. The zero-order valence-corrected chi connectivity index (χ0v) is 13.1. The standard InChI is InChI=1S/C14H18N4O3S/c1-21-6-8-2-4-18(5-3-8)13(20)9-7-22-11-10(9)16-14(15)17-12(11)19/h7-8H,2-6H2,1H3,(H3,15,16,17,19). The lowest BCUT2D eigenvalue weighted by Gasteiger charge is -2.31. The van der Waals surface area contributed by atoms with Gasteiger partial charge in [-0.3, -0.25) is 4.79 Å². The molecule has 7 nitrogen and oxygen atoms in total. The van der Waals surface area contributed by atoms with Crippen molar-refractivity contribution in [2.24, 2.45) is 5.92 Å². The first-order chi connectivity index (χ1) is 10.6. The molecule has 0 saturated carbocycles. The van der Waals surface area contributed by atoms with Crippen molar-refractivity contribution in [2.45, 2.75) is 12.8 Å². The molecule has 0 spiro atoms. The predicted octanol–water partition coefficient (Wildman–Crippen LogP) is 1.48. The molecule has 0 atom stereocenters. The number of nitrogens with zero attached hydrogens (tertiary/aromatic N) is 3. The van der Waals surface area contributed by atoms with Gasteiger partial charge in [-0.1, -0.05) is 0 Å². The third-order valence-corrected chi connectivity index (χ3v) is 4.91. The van der Waals surface area contributed by atoms with Crippen molar-refractivity contribution >= 4 is 33.4 Å². The second kappa shape index (κ2) is 6.05. The molecule has 1 saturated heterocycles. The van der Waals surface area contributed by atoms with E-state index in [9.17, 15) is 9.90 Å². The van der Waals surface area contributed by atoms with Gasteiger partial charge in [-0.15, -0.1) is 11.3 Å². The van der Waals surface area contributed by atoms with Crippen LogP contribution in [0.3, 0.4) is 0 Å². The number of carbonyl (C=O) groups excluding carboxylic acids is 1. The maximum absolute atomic E-state index is 12.7. The predicted molar refractivity (Wildman–Crippen MR) is 84.0 cm³/mol. The van der Waals surface area contributed by atoms with Crippen LogP contribution in [0.25, 0.3) is 10.2 Å². The highest BCUT2D eigenvalue weighted by molar-refractivity contribution is 7.17. The van der Waals surface area contributed by atoms with Crippen molar-refractivity contribution < 1.29 is 14.6 Å². The van der Waals surface area contributed by atoms with Gasteiger partial charge in [-0.25, -0.2) is 4.98 Å². The van der Waals surface area contributed by atoms with Crippen molar-refractivity contribution in [2.75, 3.05) is 32.5 Å². The molecular weight excluding hydrogens is 304 g/mol. The first-order valence-electron chi connectivity index (χ1n) is 7.12. The van der Waals surface area contributed by atoms with Crippen LogP contribution in [0.2, 0.25) is 0 Å². The normalized spacial score (nSPS) is 16.3. The molecule has 22 heavy (non-hydrogen) atoms. The lowest BCUT2D eigenvalue weighted by atomic mass is 9.97. The summed E-state index contributed by atoms with van der Waals surface area (Å²) >= 11 is 1.25. The van der Waals surface area contributed by atoms with E-state index in [1.54, 1.807) is 12.5 Å². The van der Waals surface area contributed by atoms with Crippen LogP contribution in [0.15, 0.2) is 5.38 Å². The third-order valence-electron chi connectivity index (χ3n) is 3.95. The first kappa shape index (κ1) is 15.0. The SMILES string of the molecule is COCC1CCN(C(=O)c2csc3c(O)nc(N)nc23)CC1. The van der Waals surface area contributed by atoms with E-state index in [0.29, 0.717) is 34.8 Å². The largest absolute Gasteiger partial charge is 0.492 e. The molecule has 3 rings (SSSR count). The van der Waals surface area contributed by atoms with Crippen LogP contribution in [-0.4, -0.2) is 52.7 Å². The molecule has 1 aliphatic heterocycles. The zero-order chi connectivity index (χ0) is 15.7. The van der Waals surface area contributed by atoms with Gasteiger partial charge in [-0.2, -0.15) is 4.98 Å². The monoisotopic (exact) mass is 322 g/mol. The van der Waals surface area contributed by atoms with Crippen LogP contribution in [-0.2, 0) is 4.74 Å². The number of amides is 1. The highest BCUT2D eigenvalue weighted by atomic mass is 32.1. The number of hydrogen-bond donors (Lipinski definition) is 2. The molecule has 1 aliphatic rings. The summed E-state index contributed by atoms with van der Waals surface area (Å²) in [4.78, 5) is 22.3. The number of ether oxygens (including phenoxy) is 1. The minimum atomic E-state index is -0.176. The third kappa shape index (κ3) is 2.71. The van der Waals surface area contributed by atoms with Crippen molar-refractivity contribution in [1.82, 2.24) is 14.9 Å². The molecule has 0 radical (unpaired) electrons. The van der Waals surface area contributed by atoms with E-state index in [1.807, 2.05) is 4.90 Å². The summed E-state index contributed by atoms with van der Waals surface area (Å²) in [5, 5.41) is 11.5. The van der Waals surface area contributed by atoms with E-state index in [0.717, 1.165) is 19.4 Å². The summed E-state index contributed by atoms with van der Waals surface area (Å²) in [6, 6.07) is 0. The molecular formula is C14H18N4O3S. The van der Waals surface area contributed by atoms with Gasteiger partial charge in [0.25, 0.3) is 5.91 Å². The van der Waals surface area contributed by atoms with Crippen molar-refractivity contribution in [3.63, 3.8) is 0 Å². The maximum Gasteiger partial charge on any atom is 0.256 e. The van der Waals surface area contributed by atoms with E-state index in [2.05, 4.69) is 9.97 Å². The smallest absolute Gasteiger partial charge is 0.256 e. The Morgan fingerprint density at radius 3 is 2.91 bits per heavy atom. The van der Waals surface area contributed by atoms with E-state index in [4.69, 9.17) is 10.5 Å². The fourth-order valence-electron chi connectivity index (χ4n) is 2.78. The van der Waals surface area contributed by atoms with Crippen LogP contribution in [0, 0.1) is 5.92 Å². The van der Waals surface area contributed by atoms with Crippen molar-refractivity contribution in [3.05, 3.63) is 10.9 Å². The summed E-state index contributed by atoms with van der Waals surface area (Å²) in [5.74, 6) is 0.233. The average molecular weight is 322 g/mol. The zero-order valence-electron chi connectivity index (χ0n) is 12.3. The number of fused-ring (bicyclic) bond motifs is 1. The second-order valence-corrected chi connectivity index (χ2v) is 6.30. The van der Waals surface area contributed by atoms with Crippen LogP contribution in [0.4, 0.5) is 5.95 Å². The average Bonchev–Trinajstić information content (AvgIpc) is 2.91. The van der Waals surface area contributed by atoms with Gasteiger partial charge >= 0.3 is 0 Å². The Bertz CT molecular complexity index is 695. The Balaban J connectivity index is 1.81. The molecule has 0 aromatic carbocycles. The second-order valence-electron chi connectivity index (χ2n) is 5.42. The summed E-state index contributed by atoms with van der Waals surface area (Å²) in [5.41, 5.74) is 6.48. The Morgan fingerprint density at radius 1 is 1.50 bits per heavy atom. The number of hydrogen-bond acceptors (Lipinski definition) is 7. The van der Waals surface area contributed by atoms with Crippen LogP contribution < -0.4 is 5.73 Å². The maximum atomic E-state index is 12.7. The number of nitrogen functional groups attached to an aromatic ring is 1. The van der Waals surface area contributed by atoms with Crippen LogP contribution in [0.1, 0.15) is 23.2 Å². The van der Waals surface area contributed by atoms with Gasteiger partial charge in [0.05, 0.1) is 5.56 Å². The van der Waals surface area contributed by atoms with Gasteiger partial charge in [0, 0.05) is 32.2 Å². The van der Waals surface area contributed by atoms with E-state index in [-0.39, 0.29) is 17.7 Å². The highest BCUT2D eigenvalue weighted by Gasteiger charge is 2.26. The van der Waals surface area contributed by atoms with E-state index >= 15 is 0 Å². The minimum absolute atomic E-state index is 0.0312. The van der Waals surface area contributed by atoms with Gasteiger partial charge < -0.3 is 20.5 Å². The van der Waals surface area contributed by atoms with Crippen molar-refractivity contribution in [1.29, 1.82) is 0 Å². The molecule has 2 aromatic rings. The minimum Gasteiger partial charge on any atom is -0.492 e. The molecule has 118 valence electrons. The topological polar surface area (TPSA) is 102 Å². The summed E-state index contributed by atoms with van der Waals surface area (Å²) in [6.45, 7) is 2.15. The fourth-order valence-corrected chi connectivity index (χ4v) is 3.65. The fraction of sp³-hybridized carbons (Fsp3) is 0.500. The number of carbonyl (C=O) groups is 1. The molecule has 0 aliphatic carbocycles. The van der Waals surface area contributed by atoms with Gasteiger partial charge in [0.2, 0.25) is 11.8 Å². The number of thiophene rings is 1. The number of nitrogens with two attached hydrogens (primary N) is 1. The summed E-state index contributed by atoms with van der Waals surface area (Å²) in [7, 11) is 1.70. The molecule has 1 amide bonds. The molecule has 8 heteroatoms. The number of methoxy groups -OCH3 is 1. The molecule has 3 heterocycles. The molecule has 0 unspecified atom stereocenters. The number of aromatic nitrogens is 2. The van der Waals surface area contributed by atoms with Gasteiger partial charge in [-0.05, 0) is 18.8 Å². The van der Waals surface area contributed by atoms with Gasteiger partial charge in [0.1, 0.15) is 10.2 Å². The Kier molecular flexibility index (Phi) is 4.12. The number of rotatable bonds is 3. The molecule has 1 fully saturated rings. The summed E-state index contributed by atoms with van der Waals surface area (Å²) < 4.78 is 5.67. The Hall–Kier alpha value is -1.93. The lowest BCUT2D eigenvalue weighted by molar-refractivity contribution is 0.0615. The van der Waals surface area contributed by atoms with Crippen molar-refractivity contribution in [3.8, 4) is 5.88 Å². The Morgan fingerprint density at radius 2 is 2.23 bits per heavy atom. The number of aromatic hydroxyl groups is 1. The number of anilines is 1. The number of likely N-dealkylation sites (tertiary alicyclic amines) is 1. The summed E-state index contributed by atoms with van der Waals surface area (Å²) in [6.07, 6.45) is 1.87. The van der Waals surface area contributed by atoms with E-state index in [1.165, 1.54) is 11.3 Å².